The van der Waals surface area contributed by atoms with Crippen molar-refractivity contribution in [3.8, 4) is 0 Å². The highest BCUT2D eigenvalue weighted by atomic mass is 79.9. The van der Waals surface area contributed by atoms with Crippen molar-refractivity contribution in [3.05, 3.63) is 22.3 Å². The van der Waals surface area contributed by atoms with Crippen LogP contribution < -0.4 is 4.90 Å². The summed E-state index contributed by atoms with van der Waals surface area (Å²) in [6.07, 6.45) is 1.64. The third-order valence-electron chi connectivity index (χ3n) is 3.70. The summed E-state index contributed by atoms with van der Waals surface area (Å²) in [6, 6.07) is 1.73. The Morgan fingerprint density at radius 3 is 2.62 bits per heavy atom. The first kappa shape index (κ1) is 15.8. The highest BCUT2D eigenvalue weighted by molar-refractivity contribution is 9.10. The van der Waals surface area contributed by atoms with E-state index in [4.69, 9.17) is 0 Å². The number of anilines is 1. The molecular formula is C14H18BrN3O3. The molecule has 0 aromatic carbocycles. The number of aromatic nitrogens is 1. The fourth-order valence-corrected chi connectivity index (χ4v) is 2.90. The molecule has 0 unspecified atom stereocenters. The van der Waals surface area contributed by atoms with Crippen LogP contribution in [0.15, 0.2) is 16.7 Å². The van der Waals surface area contributed by atoms with Crippen molar-refractivity contribution in [3.63, 3.8) is 0 Å². The van der Waals surface area contributed by atoms with Crippen LogP contribution in [0.2, 0.25) is 0 Å². The molecule has 1 fully saturated rings. The number of aliphatic carboxylic acids is 1. The maximum absolute atomic E-state index is 12.7. The normalized spacial score (nSPS) is 21.4. The van der Waals surface area contributed by atoms with Gasteiger partial charge in [0.1, 0.15) is 5.82 Å². The van der Waals surface area contributed by atoms with Gasteiger partial charge in [-0.2, -0.15) is 0 Å². The summed E-state index contributed by atoms with van der Waals surface area (Å²) in [6.45, 7) is 2.56. The Labute approximate surface area is 131 Å². The number of carbonyl (C=O) groups is 2. The molecule has 1 amide bonds. The Kier molecular flexibility index (Phi) is 4.51. The number of amides is 1. The minimum absolute atomic E-state index is 0.0469. The lowest BCUT2D eigenvalue weighted by atomic mass is 9.99. The van der Waals surface area contributed by atoms with Gasteiger partial charge in [-0.25, -0.2) is 4.98 Å². The van der Waals surface area contributed by atoms with Crippen molar-refractivity contribution >= 4 is 33.6 Å². The summed E-state index contributed by atoms with van der Waals surface area (Å²) < 4.78 is 0.721. The zero-order valence-corrected chi connectivity index (χ0v) is 13.8. The molecule has 7 heteroatoms. The Morgan fingerprint density at radius 1 is 1.43 bits per heavy atom. The van der Waals surface area contributed by atoms with Crippen LogP contribution >= 0.6 is 15.9 Å². The smallest absolute Gasteiger partial charge is 0.308 e. The van der Waals surface area contributed by atoms with E-state index in [1.807, 2.05) is 21.0 Å². The first-order valence-electron chi connectivity index (χ1n) is 6.66. The predicted octanol–water partition coefficient (Wildman–Crippen LogP) is 1.70. The van der Waals surface area contributed by atoms with Gasteiger partial charge in [0.25, 0.3) is 5.91 Å². The zero-order valence-electron chi connectivity index (χ0n) is 12.2. The lowest BCUT2D eigenvalue weighted by molar-refractivity contribution is -0.142. The van der Waals surface area contributed by atoms with Crippen LogP contribution in [0.25, 0.3) is 0 Å². The number of likely N-dealkylation sites (tertiary alicyclic amines) is 1. The molecule has 1 aromatic heterocycles. The Hall–Kier alpha value is -1.63. The molecule has 1 N–H and O–H groups in total. The lowest BCUT2D eigenvalue weighted by Crippen LogP contribution is -2.31. The van der Waals surface area contributed by atoms with Crippen molar-refractivity contribution in [1.29, 1.82) is 0 Å². The van der Waals surface area contributed by atoms with Crippen LogP contribution in [0.4, 0.5) is 5.82 Å². The number of halogens is 1. The van der Waals surface area contributed by atoms with Gasteiger partial charge in [-0.15, -0.1) is 0 Å². The zero-order chi connectivity index (χ0) is 15.7. The summed E-state index contributed by atoms with van der Waals surface area (Å²) in [5, 5.41) is 9.17. The summed E-state index contributed by atoms with van der Waals surface area (Å²) >= 11 is 3.32. The van der Waals surface area contributed by atoms with Crippen molar-refractivity contribution < 1.29 is 14.7 Å². The molecule has 6 nitrogen and oxygen atoms in total. The highest BCUT2D eigenvalue weighted by Gasteiger charge is 2.37. The van der Waals surface area contributed by atoms with E-state index in [0.29, 0.717) is 17.9 Å². The van der Waals surface area contributed by atoms with Crippen LogP contribution in [-0.4, -0.2) is 54.1 Å². The number of carboxylic acid groups (broad SMARTS) is 1. The fourth-order valence-electron chi connectivity index (χ4n) is 2.57. The molecule has 0 saturated carbocycles. The number of hydrogen-bond acceptors (Lipinski definition) is 4. The summed E-state index contributed by atoms with van der Waals surface area (Å²) in [7, 11) is 3.64. The van der Waals surface area contributed by atoms with E-state index < -0.39 is 11.9 Å². The molecule has 1 saturated heterocycles. The van der Waals surface area contributed by atoms with E-state index in [1.165, 1.54) is 0 Å². The third kappa shape index (κ3) is 3.18. The van der Waals surface area contributed by atoms with Crippen molar-refractivity contribution in [1.82, 2.24) is 9.88 Å². The van der Waals surface area contributed by atoms with Gasteiger partial charge in [0.05, 0.1) is 11.5 Å². The molecule has 0 radical (unpaired) electrons. The SMILES string of the molecule is C[C@@H]1CN(C(=O)c2cc(Br)cnc2N(C)C)C[C@H]1C(=O)O. The molecule has 1 aliphatic heterocycles. The molecule has 1 aliphatic rings. The predicted molar refractivity (Wildman–Crippen MR) is 82.5 cm³/mol. The van der Waals surface area contributed by atoms with Gasteiger partial charge < -0.3 is 14.9 Å². The lowest BCUT2D eigenvalue weighted by Gasteiger charge is -2.20. The van der Waals surface area contributed by atoms with Gasteiger partial charge in [-0.3, -0.25) is 9.59 Å². The van der Waals surface area contributed by atoms with Crippen molar-refractivity contribution in [2.45, 2.75) is 6.92 Å². The van der Waals surface area contributed by atoms with Gasteiger partial charge in [0.2, 0.25) is 0 Å². The van der Waals surface area contributed by atoms with E-state index >= 15 is 0 Å². The molecule has 0 aliphatic carbocycles. The number of carbonyl (C=O) groups excluding carboxylic acids is 1. The minimum Gasteiger partial charge on any atom is -0.481 e. The topological polar surface area (TPSA) is 73.7 Å². The number of hydrogen-bond donors (Lipinski definition) is 1. The number of carboxylic acids is 1. The molecule has 2 atom stereocenters. The number of pyridine rings is 1. The second-order valence-corrected chi connectivity index (χ2v) is 6.47. The van der Waals surface area contributed by atoms with Crippen molar-refractivity contribution in [2.24, 2.45) is 11.8 Å². The van der Waals surface area contributed by atoms with Gasteiger partial charge in [-0.05, 0) is 27.9 Å². The quantitative estimate of drug-likeness (QED) is 0.893. The fraction of sp³-hybridized carbons (Fsp3) is 0.500. The molecule has 1 aromatic rings. The van der Waals surface area contributed by atoms with E-state index in [-0.39, 0.29) is 18.4 Å². The second-order valence-electron chi connectivity index (χ2n) is 5.55. The number of rotatable bonds is 3. The molecular weight excluding hydrogens is 338 g/mol. The monoisotopic (exact) mass is 355 g/mol. The Bertz CT molecular complexity index is 577. The van der Waals surface area contributed by atoms with Crippen LogP contribution in [0, 0.1) is 11.8 Å². The van der Waals surface area contributed by atoms with Crippen LogP contribution in [0.5, 0.6) is 0 Å². The average molecular weight is 356 g/mol. The Morgan fingerprint density at radius 2 is 2.10 bits per heavy atom. The van der Waals surface area contributed by atoms with Gasteiger partial charge in [0.15, 0.2) is 0 Å². The van der Waals surface area contributed by atoms with Crippen LogP contribution in [0.3, 0.4) is 0 Å². The van der Waals surface area contributed by atoms with Crippen LogP contribution in [-0.2, 0) is 4.79 Å². The molecule has 114 valence electrons. The minimum atomic E-state index is -0.849. The first-order chi connectivity index (χ1) is 9.81. The van der Waals surface area contributed by atoms with Gasteiger partial charge in [0, 0.05) is 37.9 Å². The van der Waals surface area contributed by atoms with E-state index in [9.17, 15) is 14.7 Å². The molecule has 2 rings (SSSR count). The maximum Gasteiger partial charge on any atom is 0.308 e. The Balaban J connectivity index is 2.29. The van der Waals surface area contributed by atoms with Crippen molar-refractivity contribution in [2.75, 3.05) is 32.1 Å². The highest BCUT2D eigenvalue weighted by Crippen LogP contribution is 2.28. The van der Waals surface area contributed by atoms with Gasteiger partial charge >= 0.3 is 5.97 Å². The number of nitrogens with zero attached hydrogens (tertiary/aromatic N) is 3. The van der Waals surface area contributed by atoms with E-state index in [1.54, 1.807) is 22.1 Å². The molecule has 0 bridgehead atoms. The molecule has 2 heterocycles. The summed E-state index contributed by atoms with van der Waals surface area (Å²) in [5.41, 5.74) is 0.479. The average Bonchev–Trinajstić information content (AvgIpc) is 2.79. The standard InChI is InChI=1S/C14H18BrN3O3/c1-8-6-18(7-11(8)14(20)21)13(19)10-4-9(15)5-16-12(10)17(2)3/h4-5,8,11H,6-7H2,1-3H3,(H,20,21)/t8-,11-/m1/s1. The third-order valence-corrected chi connectivity index (χ3v) is 4.14. The van der Waals surface area contributed by atoms with E-state index in [0.717, 1.165) is 4.47 Å². The second kappa shape index (κ2) is 6.01. The van der Waals surface area contributed by atoms with E-state index in [2.05, 4.69) is 20.9 Å². The summed E-state index contributed by atoms with van der Waals surface area (Å²) in [5.74, 6) is -0.998. The summed E-state index contributed by atoms with van der Waals surface area (Å²) in [4.78, 5) is 31.5. The largest absolute Gasteiger partial charge is 0.481 e. The molecule has 21 heavy (non-hydrogen) atoms. The molecule has 0 spiro atoms. The first-order valence-corrected chi connectivity index (χ1v) is 7.45. The van der Waals surface area contributed by atoms with Crippen LogP contribution in [0.1, 0.15) is 17.3 Å². The maximum atomic E-state index is 12.7. The van der Waals surface area contributed by atoms with Gasteiger partial charge in [-0.1, -0.05) is 6.92 Å².